The van der Waals surface area contributed by atoms with Crippen LogP contribution in [0.2, 0.25) is 0 Å². The van der Waals surface area contributed by atoms with Crippen molar-refractivity contribution in [1.29, 1.82) is 0 Å². The fourth-order valence-electron chi connectivity index (χ4n) is 2.61. The van der Waals surface area contributed by atoms with E-state index in [0.29, 0.717) is 0 Å². The Morgan fingerprint density at radius 2 is 1.91 bits per heavy atom. The van der Waals surface area contributed by atoms with Gasteiger partial charge in [-0.05, 0) is 68.3 Å². The number of benzene rings is 1. The Morgan fingerprint density at radius 3 is 2.45 bits per heavy atom. The van der Waals surface area contributed by atoms with Crippen molar-refractivity contribution in [3.8, 4) is 0 Å². The quantitative estimate of drug-likeness (QED) is 0.899. The highest BCUT2D eigenvalue weighted by atomic mass is 32.1. The molecule has 1 N–H and O–H groups in total. The number of aryl methyl sites for hydroxylation is 3. The van der Waals surface area contributed by atoms with Gasteiger partial charge in [0, 0.05) is 12.2 Å². The Balaban J connectivity index is 2.05. The summed E-state index contributed by atoms with van der Waals surface area (Å²) < 4.78 is 0. The molecule has 22 heavy (non-hydrogen) atoms. The molecule has 2 aromatic rings. The number of amides is 1. The van der Waals surface area contributed by atoms with Gasteiger partial charge in [0.25, 0.3) is 0 Å². The molecule has 0 aliphatic carbocycles. The minimum atomic E-state index is -0.181. The Labute approximate surface area is 137 Å². The fourth-order valence-corrected chi connectivity index (χ4v) is 3.27. The lowest BCUT2D eigenvalue weighted by molar-refractivity contribution is -0.120. The average Bonchev–Trinajstić information content (AvgIpc) is 2.94. The van der Waals surface area contributed by atoms with Crippen molar-refractivity contribution in [2.24, 2.45) is 0 Å². The molecule has 3 nitrogen and oxygen atoms in total. The predicted molar refractivity (Wildman–Crippen MR) is 94.5 cm³/mol. The third-order valence-electron chi connectivity index (χ3n) is 3.98. The number of nitrogens with one attached hydrogen (secondary N) is 1. The van der Waals surface area contributed by atoms with Crippen LogP contribution in [0.5, 0.6) is 0 Å². The average molecular weight is 316 g/mol. The van der Waals surface area contributed by atoms with Crippen LogP contribution in [-0.2, 0) is 11.3 Å². The van der Waals surface area contributed by atoms with E-state index in [0.717, 1.165) is 23.4 Å². The Kier molecular flexibility index (Phi) is 5.37. The summed E-state index contributed by atoms with van der Waals surface area (Å²) in [4.78, 5) is 14.6. The van der Waals surface area contributed by atoms with Crippen LogP contribution in [0.4, 0.5) is 5.69 Å². The van der Waals surface area contributed by atoms with Crippen molar-refractivity contribution in [2.75, 3.05) is 12.4 Å². The van der Waals surface area contributed by atoms with Gasteiger partial charge in [0.15, 0.2) is 0 Å². The standard InChI is InChI=1S/C18H24N2OS/c1-12-8-13(2)17(14(3)9-12)19-18(21)15(4)20(5)10-16-6-7-22-11-16/h6-9,11,15H,10H2,1-5H3,(H,19,21)/t15-/m0/s1. The van der Waals surface area contributed by atoms with E-state index in [2.05, 4.69) is 46.1 Å². The number of thiophene rings is 1. The van der Waals surface area contributed by atoms with Crippen LogP contribution in [0.15, 0.2) is 29.0 Å². The first-order valence-electron chi connectivity index (χ1n) is 7.48. The summed E-state index contributed by atoms with van der Waals surface area (Å²) in [5, 5.41) is 7.27. The molecule has 0 aliphatic rings. The highest BCUT2D eigenvalue weighted by Crippen LogP contribution is 2.22. The minimum absolute atomic E-state index is 0.0350. The lowest BCUT2D eigenvalue weighted by Crippen LogP contribution is -2.39. The number of likely N-dealkylation sites (N-methyl/N-ethyl adjacent to an activating group) is 1. The van der Waals surface area contributed by atoms with E-state index in [9.17, 15) is 4.79 Å². The molecule has 0 spiro atoms. The number of carbonyl (C=O) groups excluding carboxylic acids is 1. The van der Waals surface area contributed by atoms with E-state index < -0.39 is 0 Å². The van der Waals surface area contributed by atoms with E-state index in [1.165, 1.54) is 11.1 Å². The van der Waals surface area contributed by atoms with Crippen LogP contribution >= 0.6 is 11.3 Å². The Hall–Kier alpha value is -1.65. The van der Waals surface area contributed by atoms with Crippen molar-refractivity contribution in [2.45, 2.75) is 40.3 Å². The maximum absolute atomic E-state index is 12.5. The molecule has 0 bridgehead atoms. The van der Waals surface area contributed by atoms with Gasteiger partial charge in [-0.25, -0.2) is 0 Å². The van der Waals surface area contributed by atoms with Crippen molar-refractivity contribution in [3.05, 3.63) is 51.2 Å². The second-order valence-electron chi connectivity index (χ2n) is 5.99. The second-order valence-corrected chi connectivity index (χ2v) is 6.77. The maximum Gasteiger partial charge on any atom is 0.241 e. The van der Waals surface area contributed by atoms with Gasteiger partial charge in [-0.3, -0.25) is 9.69 Å². The summed E-state index contributed by atoms with van der Waals surface area (Å²) in [6, 6.07) is 6.12. The summed E-state index contributed by atoms with van der Waals surface area (Å²) in [5.41, 5.74) is 5.62. The number of nitrogens with zero attached hydrogens (tertiary/aromatic N) is 1. The highest BCUT2D eigenvalue weighted by Gasteiger charge is 2.19. The van der Waals surface area contributed by atoms with Crippen molar-refractivity contribution in [1.82, 2.24) is 4.90 Å². The van der Waals surface area contributed by atoms with Crippen molar-refractivity contribution < 1.29 is 4.79 Å². The van der Waals surface area contributed by atoms with E-state index in [4.69, 9.17) is 0 Å². The minimum Gasteiger partial charge on any atom is -0.324 e. The number of anilines is 1. The van der Waals surface area contributed by atoms with Crippen LogP contribution in [0.3, 0.4) is 0 Å². The molecule has 0 saturated heterocycles. The van der Waals surface area contributed by atoms with Gasteiger partial charge in [0.2, 0.25) is 5.91 Å². The molecule has 1 aromatic heterocycles. The molecule has 0 radical (unpaired) electrons. The zero-order valence-electron chi connectivity index (χ0n) is 13.9. The highest BCUT2D eigenvalue weighted by molar-refractivity contribution is 7.07. The largest absolute Gasteiger partial charge is 0.324 e. The van der Waals surface area contributed by atoms with E-state index in [1.807, 2.05) is 27.8 Å². The first-order chi connectivity index (χ1) is 10.4. The first-order valence-corrected chi connectivity index (χ1v) is 8.42. The Morgan fingerprint density at radius 1 is 1.27 bits per heavy atom. The second kappa shape index (κ2) is 7.07. The number of carbonyl (C=O) groups is 1. The van der Waals surface area contributed by atoms with Crippen LogP contribution in [0, 0.1) is 20.8 Å². The van der Waals surface area contributed by atoms with Crippen molar-refractivity contribution >= 4 is 22.9 Å². The van der Waals surface area contributed by atoms with Gasteiger partial charge in [-0.2, -0.15) is 11.3 Å². The molecule has 0 fully saturated rings. The number of hydrogen-bond acceptors (Lipinski definition) is 3. The zero-order chi connectivity index (χ0) is 16.3. The summed E-state index contributed by atoms with van der Waals surface area (Å²) >= 11 is 1.68. The summed E-state index contributed by atoms with van der Waals surface area (Å²) in [6.45, 7) is 8.87. The van der Waals surface area contributed by atoms with E-state index in [-0.39, 0.29) is 11.9 Å². The molecular formula is C18H24N2OS. The molecule has 1 heterocycles. The maximum atomic E-state index is 12.5. The van der Waals surface area contributed by atoms with Crippen molar-refractivity contribution in [3.63, 3.8) is 0 Å². The molecule has 0 unspecified atom stereocenters. The topological polar surface area (TPSA) is 32.3 Å². The van der Waals surface area contributed by atoms with Gasteiger partial charge in [0.1, 0.15) is 0 Å². The molecule has 1 aromatic carbocycles. The molecule has 0 aliphatic heterocycles. The molecule has 0 saturated carbocycles. The summed E-state index contributed by atoms with van der Waals surface area (Å²) in [6.07, 6.45) is 0. The van der Waals surface area contributed by atoms with Gasteiger partial charge >= 0.3 is 0 Å². The monoisotopic (exact) mass is 316 g/mol. The first kappa shape index (κ1) is 16.7. The normalized spacial score (nSPS) is 12.5. The fraction of sp³-hybridized carbons (Fsp3) is 0.389. The summed E-state index contributed by atoms with van der Waals surface area (Å²) in [7, 11) is 1.98. The van der Waals surface area contributed by atoms with Gasteiger partial charge in [-0.15, -0.1) is 0 Å². The van der Waals surface area contributed by atoms with E-state index in [1.54, 1.807) is 11.3 Å². The lowest BCUT2D eigenvalue weighted by Gasteiger charge is -2.24. The molecule has 2 rings (SSSR count). The molecular weight excluding hydrogens is 292 g/mol. The number of hydrogen-bond donors (Lipinski definition) is 1. The third kappa shape index (κ3) is 3.96. The number of rotatable bonds is 5. The molecule has 1 amide bonds. The van der Waals surface area contributed by atoms with E-state index >= 15 is 0 Å². The third-order valence-corrected chi connectivity index (χ3v) is 4.71. The summed E-state index contributed by atoms with van der Waals surface area (Å²) in [5.74, 6) is 0.0350. The smallest absolute Gasteiger partial charge is 0.241 e. The SMILES string of the molecule is Cc1cc(C)c(NC(=O)[C@H](C)N(C)Cc2ccsc2)c(C)c1. The lowest BCUT2D eigenvalue weighted by atomic mass is 10.0. The van der Waals surface area contributed by atoms with Gasteiger partial charge in [-0.1, -0.05) is 17.7 Å². The molecule has 1 atom stereocenters. The Bertz CT molecular complexity index is 626. The van der Waals surface area contributed by atoms with Crippen LogP contribution < -0.4 is 5.32 Å². The van der Waals surface area contributed by atoms with Crippen LogP contribution in [-0.4, -0.2) is 23.9 Å². The predicted octanol–water partition coefficient (Wildman–Crippen LogP) is 4.13. The van der Waals surface area contributed by atoms with Gasteiger partial charge < -0.3 is 5.32 Å². The molecule has 118 valence electrons. The zero-order valence-corrected chi connectivity index (χ0v) is 14.8. The van der Waals surface area contributed by atoms with Gasteiger partial charge in [0.05, 0.1) is 6.04 Å². The van der Waals surface area contributed by atoms with Crippen LogP contribution in [0.25, 0.3) is 0 Å². The van der Waals surface area contributed by atoms with Crippen LogP contribution in [0.1, 0.15) is 29.2 Å². The molecule has 4 heteroatoms.